The molecule has 1 aliphatic rings. The Hall–Kier alpha value is -2.08. The minimum absolute atomic E-state index is 0.0142. The maximum atomic E-state index is 12.2. The van der Waals surface area contributed by atoms with E-state index in [-0.39, 0.29) is 5.91 Å². The largest absolute Gasteiger partial charge is 0.459 e. The van der Waals surface area contributed by atoms with Gasteiger partial charge in [-0.3, -0.25) is 14.4 Å². The zero-order chi connectivity index (χ0) is 15.5. The molecule has 0 saturated carbocycles. The summed E-state index contributed by atoms with van der Waals surface area (Å²) in [6.07, 6.45) is 3.66. The molecule has 6 nitrogen and oxygen atoms in total. The fraction of sp³-hybridized carbons (Fsp3) is 0.500. The van der Waals surface area contributed by atoms with Gasteiger partial charge in [-0.2, -0.15) is 5.10 Å². The van der Waals surface area contributed by atoms with Crippen molar-refractivity contribution in [2.75, 3.05) is 26.2 Å². The molecule has 1 fully saturated rings. The summed E-state index contributed by atoms with van der Waals surface area (Å²) in [6.45, 7) is 9.17. The lowest BCUT2D eigenvalue weighted by molar-refractivity contribution is 0.0597. The second-order valence-corrected chi connectivity index (χ2v) is 5.64. The number of nitrogens with zero attached hydrogens (tertiary/aromatic N) is 4. The number of carbonyl (C=O) groups is 1. The van der Waals surface area contributed by atoms with Gasteiger partial charge in [0.15, 0.2) is 5.76 Å². The lowest BCUT2D eigenvalue weighted by Crippen LogP contribution is -2.48. The van der Waals surface area contributed by atoms with E-state index in [4.69, 9.17) is 4.42 Å². The molecular formula is C16H22N4O2. The normalized spacial score (nSPS) is 16.2. The fourth-order valence-corrected chi connectivity index (χ4v) is 2.78. The van der Waals surface area contributed by atoms with Crippen LogP contribution < -0.4 is 0 Å². The summed E-state index contributed by atoms with van der Waals surface area (Å²) in [5.74, 6) is 0.410. The highest BCUT2D eigenvalue weighted by Crippen LogP contribution is 2.13. The van der Waals surface area contributed by atoms with E-state index in [9.17, 15) is 4.79 Å². The Bertz CT molecular complexity index is 625. The second-order valence-electron chi connectivity index (χ2n) is 5.64. The van der Waals surface area contributed by atoms with Gasteiger partial charge in [0.2, 0.25) is 0 Å². The number of amides is 1. The van der Waals surface area contributed by atoms with Crippen molar-refractivity contribution in [2.45, 2.75) is 26.9 Å². The van der Waals surface area contributed by atoms with E-state index in [0.717, 1.165) is 45.0 Å². The maximum absolute atomic E-state index is 12.2. The molecular weight excluding hydrogens is 280 g/mol. The third-order valence-corrected chi connectivity index (χ3v) is 4.16. The molecule has 1 aliphatic heterocycles. The molecule has 2 aromatic heterocycles. The Morgan fingerprint density at radius 1 is 1.32 bits per heavy atom. The summed E-state index contributed by atoms with van der Waals surface area (Å²) in [7, 11) is 0. The van der Waals surface area contributed by atoms with Crippen molar-refractivity contribution in [3.63, 3.8) is 0 Å². The van der Waals surface area contributed by atoms with Gasteiger partial charge in [0.25, 0.3) is 5.91 Å². The van der Waals surface area contributed by atoms with Crippen LogP contribution >= 0.6 is 0 Å². The summed E-state index contributed by atoms with van der Waals surface area (Å²) in [6, 6.07) is 3.47. The van der Waals surface area contributed by atoms with Gasteiger partial charge < -0.3 is 9.32 Å². The molecule has 0 radical (unpaired) electrons. The predicted molar refractivity (Wildman–Crippen MR) is 82.5 cm³/mol. The molecule has 118 valence electrons. The maximum Gasteiger partial charge on any atom is 0.289 e. The van der Waals surface area contributed by atoms with Crippen LogP contribution in [0.1, 0.15) is 28.7 Å². The molecule has 0 aromatic carbocycles. The third-order valence-electron chi connectivity index (χ3n) is 4.16. The van der Waals surface area contributed by atoms with Gasteiger partial charge in [0, 0.05) is 51.0 Å². The van der Waals surface area contributed by atoms with Gasteiger partial charge in [0.05, 0.1) is 12.0 Å². The second kappa shape index (κ2) is 6.36. The van der Waals surface area contributed by atoms with Crippen LogP contribution in [0.3, 0.4) is 0 Å². The molecule has 1 amide bonds. The smallest absolute Gasteiger partial charge is 0.289 e. The quantitative estimate of drug-likeness (QED) is 0.863. The van der Waals surface area contributed by atoms with Crippen LogP contribution in [-0.2, 0) is 13.1 Å². The van der Waals surface area contributed by atoms with Gasteiger partial charge in [-0.1, -0.05) is 0 Å². The summed E-state index contributed by atoms with van der Waals surface area (Å²) in [4.78, 5) is 16.5. The predicted octanol–water partition coefficient (Wildman–Crippen LogP) is 1.76. The molecule has 0 aliphatic carbocycles. The Labute approximate surface area is 130 Å². The molecule has 3 heterocycles. The molecule has 22 heavy (non-hydrogen) atoms. The summed E-state index contributed by atoms with van der Waals surface area (Å²) in [5, 5.41) is 4.48. The van der Waals surface area contributed by atoms with Crippen LogP contribution in [0.5, 0.6) is 0 Å². The van der Waals surface area contributed by atoms with Crippen LogP contribution in [0.15, 0.2) is 29.0 Å². The van der Waals surface area contributed by atoms with Crippen LogP contribution in [0.4, 0.5) is 0 Å². The van der Waals surface area contributed by atoms with Crippen molar-refractivity contribution in [2.24, 2.45) is 0 Å². The van der Waals surface area contributed by atoms with E-state index in [0.29, 0.717) is 5.76 Å². The summed E-state index contributed by atoms with van der Waals surface area (Å²) >= 11 is 0. The lowest BCUT2D eigenvalue weighted by Gasteiger charge is -2.34. The van der Waals surface area contributed by atoms with E-state index in [2.05, 4.69) is 30.0 Å². The first-order valence-corrected chi connectivity index (χ1v) is 7.75. The van der Waals surface area contributed by atoms with Crippen LogP contribution in [0.2, 0.25) is 0 Å². The van der Waals surface area contributed by atoms with E-state index in [1.54, 1.807) is 12.1 Å². The highest BCUT2D eigenvalue weighted by atomic mass is 16.3. The van der Waals surface area contributed by atoms with E-state index in [1.165, 1.54) is 11.8 Å². The number of furan rings is 1. The zero-order valence-electron chi connectivity index (χ0n) is 13.2. The topological polar surface area (TPSA) is 54.5 Å². The first kappa shape index (κ1) is 14.8. The summed E-state index contributed by atoms with van der Waals surface area (Å²) in [5.41, 5.74) is 2.36. The fourth-order valence-electron chi connectivity index (χ4n) is 2.78. The minimum Gasteiger partial charge on any atom is -0.459 e. The number of rotatable bonds is 4. The van der Waals surface area contributed by atoms with Gasteiger partial charge in [-0.25, -0.2) is 0 Å². The first-order chi connectivity index (χ1) is 10.7. The monoisotopic (exact) mass is 302 g/mol. The average Bonchev–Trinajstić information content (AvgIpc) is 3.18. The van der Waals surface area contributed by atoms with E-state index in [1.807, 2.05) is 9.58 Å². The molecule has 0 spiro atoms. The molecule has 2 aromatic rings. The van der Waals surface area contributed by atoms with Crippen LogP contribution in [0, 0.1) is 6.92 Å². The molecule has 1 saturated heterocycles. The molecule has 0 N–H and O–H groups in total. The standard InChI is InChI=1S/C16H22N4O2/c1-3-20-12-14(13(2)17-20)11-18-6-8-19(9-7-18)16(21)15-5-4-10-22-15/h4-5,10,12H,3,6-9,11H2,1-2H3. The average molecular weight is 302 g/mol. The van der Waals surface area contributed by atoms with Crippen molar-refractivity contribution in [1.29, 1.82) is 0 Å². The van der Waals surface area contributed by atoms with E-state index >= 15 is 0 Å². The first-order valence-electron chi connectivity index (χ1n) is 7.75. The van der Waals surface area contributed by atoms with Crippen molar-refractivity contribution >= 4 is 5.91 Å². The molecule has 3 rings (SSSR count). The Balaban J connectivity index is 1.55. The Morgan fingerprint density at radius 3 is 2.68 bits per heavy atom. The number of carbonyl (C=O) groups excluding carboxylic acids is 1. The minimum atomic E-state index is -0.0142. The number of piperazine rings is 1. The Kier molecular flexibility index (Phi) is 4.29. The number of hydrogen-bond acceptors (Lipinski definition) is 4. The van der Waals surface area contributed by atoms with Gasteiger partial charge in [-0.05, 0) is 26.0 Å². The Morgan fingerprint density at radius 2 is 2.09 bits per heavy atom. The van der Waals surface area contributed by atoms with Crippen molar-refractivity contribution in [3.05, 3.63) is 41.6 Å². The van der Waals surface area contributed by atoms with Crippen LogP contribution in [0.25, 0.3) is 0 Å². The molecule has 6 heteroatoms. The number of hydrogen-bond donors (Lipinski definition) is 0. The molecule has 0 bridgehead atoms. The van der Waals surface area contributed by atoms with Crippen LogP contribution in [-0.4, -0.2) is 51.7 Å². The van der Waals surface area contributed by atoms with E-state index < -0.39 is 0 Å². The number of aryl methyl sites for hydroxylation is 2. The highest BCUT2D eigenvalue weighted by molar-refractivity contribution is 5.91. The van der Waals surface area contributed by atoms with Gasteiger partial charge >= 0.3 is 0 Å². The van der Waals surface area contributed by atoms with Gasteiger partial charge in [-0.15, -0.1) is 0 Å². The van der Waals surface area contributed by atoms with Crippen molar-refractivity contribution in [3.8, 4) is 0 Å². The SMILES string of the molecule is CCn1cc(CN2CCN(C(=O)c3ccco3)CC2)c(C)n1. The lowest BCUT2D eigenvalue weighted by atomic mass is 10.2. The molecule has 0 atom stereocenters. The van der Waals surface area contributed by atoms with Crippen molar-refractivity contribution in [1.82, 2.24) is 19.6 Å². The third kappa shape index (κ3) is 3.06. The van der Waals surface area contributed by atoms with Gasteiger partial charge in [0.1, 0.15) is 0 Å². The highest BCUT2D eigenvalue weighted by Gasteiger charge is 2.24. The molecule has 0 unspecified atom stereocenters. The summed E-state index contributed by atoms with van der Waals surface area (Å²) < 4.78 is 7.16. The van der Waals surface area contributed by atoms with Crippen molar-refractivity contribution < 1.29 is 9.21 Å². The number of aromatic nitrogens is 2. The zero-order valence-corrected chi connectivity index (χ0v) is 13.2.